The largest absolute Gasteiger partial charge is 0.381 e. The molecule has 2 N–H and O–H groups in total. The third-order valence-electron chi connectivity index (χ3n) is 5.15. The first kappa shape index (κ1) is 27.3. The summed E-state index contributed by atoms with van der Waals surface area (Å²) in [5.41, 5.74) is 0. The van der Waals surface area contributed by atoms with Crippen molar-refractivity contribution in [1.29, 1.82) is 0 Å². The summed E-state index contributed by atoms with van der Waals surface area (Å²) < 4.78 is 16.6. The molecule has 30 heavy (non-hydrogen) atoms. The predicted molar refractivity (Wildman–Crippen MR) is 129 cm³/mol. The fourth-order valence-corrected chi connectivity index (χ4v) is 3.16. The number of carbonyl (C=O) groups excluding carboxylic acids is 1. The maximum absolute atomic E-state index is 11.8. The number of likely N-dealkylation sites (N-methyl/N-ethyl adjacent to an activating group) is 1. The van der Waals surface area contributed by atoms with Gasteiger partial charge in [0, 0.05) is 73.2 Å². The summed E-state index contributed by atoms with van der Waals surface area (Å²) in [6.07, 6.45) is 3.10. The SMILES string of the molecule is CN(C)C(=O)CN=C(NCCCOCC1CCOCC1)NCCN1CCOCC1.I. The number of morpholine rings is 1. The fraction of sp³-hybridized carbons (Fsp3) is 0.900. The third kappa shape index (κ3) is 12.2. The van der Waals surface area contributed by atoms with Crippen molar-refractivity contribution in [2.45, 2.75) is 19.3 Å². The molecule has 1 amide bonds. The lowest BCUT2D eigenvalue weighted by molar-refractivity contribution is -0.127. The molecule has 2 heterocycles. The van der Waals surface area contributed by atoms with Crippen molar-refractivity contribution in [3.05, 3.63) is 0 Å². The van der Waals surface area contributed by atoms with E-state index in [1.807, 2.05) is 0 Å². The molecule has 0 saturated carbocycles. The lowest BCUT2D eigenvalue weighted by Gasteiger charge is -2.26. The van der Waals surface area contributed by atoms with E-state index in [9.17, 15) is 4.79 Å². The van der Waals surface area contributed by atoms with Gasteiger partial charge in [0.25, 0.3) is 0 Å². The van der Waals surface area contributed by atoms with Crippen molar-refractivity contribution >= 4 is 35.8 Å². The van der Waals surface area contributed by atoms with Crippen LogP contribution in [0.25, 0.3) is 0 Å². The molecule has 0 bridgehead atoms. The van der Waals surface area contributed by atoms with Crippen molar-refractivity contribution in [2.75, 3.05) is 93.0 Å². The second-order valence-electron chi connectivity index (χ2n) is 7.74. The van der Waals surface area contributed by atoms with Crippen molar-refractivity contribution < 1.29 is 19.0 Å². The molecule has 0 spiro atoms. The van der Waals surface area contributed by atoms with Crippen LogP contribution < -0.4 is 10.6 Å². The molecule has 0 unspecified atom stereocenters. The molecular formula is C20H40IN5O4. The van der Waals surface area contributed by atoms with Crippen LogP contribution in [0.4, 0.5) is 0 Å². The first-order valence-corrected chi connectivity index (χ1v) is 10.8. The minimum atomic E-state index is -0.0147. The summed E-state index contributed by atoms with van der Waals surface area (Å²) in [5.74, 6) is 1.30. The number of nitrogens with zero attached hydrogens (tertiary/aromatic N) is 3. The number of hydrogen-bond acceptors (Lipinski definition) is 6. The zero-order chi connectivity index (χ0) is 20.7. The van der Waals surface area contributed by atoms with E-state index in [-0.39, 0.29) is 36.4 Å². The highest BCUT2D eigenvalue weighted by Crippen LogP contribution is 2.14. The molecule has 0 aromatic rings. The number of halogens is 1. The van der Waals surface area contributed by atoms with E-state index in [4.69, 9.17) is 14.2 Å². The zero-order valence-corrected chi connectivity index (χ0v) is 20.9. The number of nitrogens with one attached hydrogen (secondary N) is 2. The highest BCUT2D eigenvalue weighted by atomic mass is 127. The Bertz CT molecular complexity index is 484. The summed E-state index contributed by atoms with van der Waals surface area (Å²) in [5, 5.41) is 6.65. The lowest BCUT2D eigenvalue weighted by Crippen LogP contribution is -2.45. The van der Waals surface area contributed by atoms with Crippen LogP contribution in [0.1, 0.15) is 19.3 Å². The molecule has 2 saturated heterocycles. The number of carbonyl (C=O) groups is 1. The Kier molecular flexibility index (Phi) is 15.4. The number of rotatable bonds is 11. The van der Waals surface area contributed by atoms with Gasteiger partial charge in [-0.15, -0.1) is 24.0 Å². The second kappa shape index (κ2) is 16.9. The van der Waals surface area contributed by atoms with Crippen LogP contribution in [0.5, 0.6) is 0 Å². The van der Waals surface area contributed by atoms with Gasteiger partial charge in [-0.25, -0.2) is 4.99 Å². The molecule has 0 atom stereocenters. The van der Waals surface area contributed by atoms with Crippen LogP contribution in [0.15, 0.2) is 4.99 Å². The molecule has 176 valence electrons. The Morgan fingerprint density at radius 3 is 2.47 bits per heavy atom. The van der Waals surface area contributed by atoms with Crippen molar-refractivity contribution in [3.63, 3.8) is 0 Å². The number of amides is 1. The Morgan fingerprint density at radius 1 is 1.10 bits per heavy atom. The molecule has 0 radical (unpaired) electrons. The van der Waals surface area contributed by atoms with Crippen LogP contribution in [-0.2, 0) is 19.0 Å². The van der Waals surface area contributed by atoms with E-state index in [0.29, 0.717) is 11.9 Å². The van der Waals surface area contributed by atoms with Crippen LogP contribution in [-0.4, -0.2) is 115 Å². The Hall–Kier alpha value is -0.690. The molecule has 2 aliphatic rings. The number of ether oxygens (including phenoxy) is 3. The standard InChI is InChI=1S/C20H39N5O4.HI/c1-24(2)19(26)16-23-20(22-7-8-25-9-14-28-15-10-25)21-6-3-11-29-17-18-4-12-27-13-5-18;/h18H,3-17H2,1-2H3,(H2,21,22,23);1H. The first-order chi connectivity index (χ1) is 14.1. The molecule has 2 fully saturated rings. The Balaban J connectivity index is 0.00000450. The van der Waals surface area contributed by atoms with Gasteiger partial charge in [-0.3, -0.25) is 9.69 Å². The molecule has 0 aromatic carbocycles. The van der Waals surface area contributed by atoms with Crippen LogP contribution in [0, 0.1) is 5.92 Å². The Labute approximate surface area is 198 Å². The summed E-state index contributed by atoms with van der Waals surface area (Å²) in [6, 6.07) is 0. The monoisotopic (exact) mass is 541 g/mol. The van der Waals surface area contributed by atoms with Gasteiger partial charge in [0.2, 0.25) is 5.91 Å². The fourth-order valence-electron chi connectivity index (χ4n) is 3.16. The average molecular weight is 541 g/mol. The summed E-state index contributed by atoms with van der Waals surface area (Å²) in [7, 11) is 3.49. The quantitative estimate of drug-likeness (QED) is 0.170. The van der Waals surface area contributed by atoms with Gasteiger partial charge >= 0.3 is 0 Å². The van der Waals surface area contributed by atoms with Gasteiger partial charge in [-0.2, -0.15) is 0 Å². The Morgan fingerprint density at radius 2 is 1.77 bits per heavy atom. The second-order valence-corrected chi connectivity index (χ2v) is 7.74. The van der Waals surface area contributed by atoms with E-state index in [1.54, 1.807) is 19.0 Å². The maximum atomic E-state index is 11.8. The highest BCUT2D eigenvalue weighted by molar-refractivity contribution is 14.0. The minimum Gasteiger partial charge on any atom is -0.381 e. The van der Waals surface area contributed by atoms with E-state index >= 15 is 0 Å². The molecular weight excluding hydrogens is 501 g/mol. The molecule has 9 nitrogen and oxygen atoms in total. The third-order valence-corrected chi connectivity index (χ3v) is 5.15. The van der Waals surface area contributed by atoms with Crippen LogP contribution in [0.3, 0.4) is 0 Å². The molecule has 10 heteroatoms. The van der Waals surface area contributed by atoms with E-state index in [1.165, 1.54) is 0 Å². The van der Waals surface area contributed by atoms with E-state index in [0.717, 1.165) is 91.6 Å². The smallest absolute Gasteiger partial charge is 0.243 e. The number of guanidine groups is 1. The summed E-state index contributed by atoms with van der Waals surface area (Å²) >= 11 is 0. The summed E-state index contributed by atoms with van der Waals surface area (Å²) in [4.78, 5) is 20.2. The zero-order valence-electron chi connectivity index (χ0n) is 18.6. The van der Waals surface area contributed by atoms with Gasteiger partial charge in [-0.1, -0.05) is 0 Å². The van der Waals surface area contributed by atoms with Gasteiger partial charge < -0.3 is 29.7 Å². The normalized spacial score (nSPS) is 18.5. The van der Waals surface area contributed by atoms with Gasteiger partial charge in [0.1, 0.15) is 6.54 Å². The molecule has 0 aliphatic carbocycles. The van der Waals surface area contributed by atoms with Crippen LogP contribution >= 0.6 is 24.0 Å². The van der Waals surface area contributed by atoms with E-state index < -0.39 is 0 Å². The average Bonchev–Trinajstić information content (AvgIpc) is 2.75. The lowest BCUT2D eigenvalue weighted by atomic mass is 10.0. The molecule has 2 aliphatic heterocycles. The van der Waals surface area contributed by atoms with E-state index in [2.05, 4.69) is 20.5 Å². The maximum Gasteiger partial charge on any atom is 0.243 e. The minimum absolute atomic E-state index is 0. The number of aliphatic imine (C=N–C) groups is 1. The van der Waals surface area contributed by atoms with Gasteiger partial charge in [-0.05, 0) is 25.2 Å². The molecule has 2 rings (SSSR count). The van der Waals surface area contributed by atoms with Gasteiger partial charge in [0.05, 0.1) is 13.2 Å². The highest BCUT2D eigenvalue weighted by Gasteiger charge is 2.13. The van der Waals surface area contributed by atoms with Crippen LogP contribution in [0.2, 0.25) is 0 Å². The number of hydrogen-bond donors (Lipinski definition) is 2. The first-order valence-electron chi connectivity index (χ1n) is 10.8. The van der Waals surface area contributed by atoms with Gasteiger partial charge in [0.15, 0.2) is 5.96 Å². The predicted octanol–water partition coefficient (Wildman–Crippen LogP) is 0.393. The van der Waals surface area contributed by atoms with Crippen molar-refractivity contribution in [3.8, 4) is 0 Å². The molecule has 0 aromatic heterocycles. The van der Waals surface area contributed by atoms with Crippen molar-refractivity contribution in [2.24, 2.45) is 10.9 Å². The van der Waals surface area contributed by atoms with Crippen molar-refractivity contribution in [1.82, 2.24) is 20.4 Å². The summed E-state index contributed by atoms with van der Waals surface area (Å²) in [6.45, 7) is 9.39. The topological polar surface area (TPSA) is 87.7 Å².